The van der Waals surface area contributed by atoms with Crippen molar-refractivity contribution in [2.75, 3.05) is 0 Å². The Morgan fingerprint density at radius 3 is 0.735 bits per heavy atom. The van der Waals surface area contributed by atoms with Gasteiger partial charge in [-0.25, -0.2) is 0 Å². The summed E-state index contributed by atoms with van der Waals surface area (Å²) in [6.07, 6.45) is 41.1. The molecule has 0 nitrogen and oxygen atoms in total. The van der Waals surface area contributed by atoms with E-state index in [1.807, 2.05) is 0 Å². The lowest BCUT2D eigenvalue weighted by Crippen LogP contribution is -2.03. The number of unbranched alkanes of at least 4 members (excludes halogenated alkanes) is 23. The summed E-state index contributed by atoms with van der Waals surface area (Å²) < 4.78 is 0. The predicted octanol–water partition coefficient (Wildman–Crippen LogP) is 13.2. The highest BCUT2D eigenvalue weighted by Gasteiger charge is 2.08. The molecule has 0 amide bonds. The maximum absolute atomic E-state index is 2.51. The van der Waals surface area contributed by atoms with Gasteiger partial charge in [-0.2, -0.15) is 0 Å². The first kappa shape index (κ1) is 34.0. The maximum atomic E-state index is 2.51. The Labute approximate surface area is 219 Å². The van der Waals surface area contributed by atoms with Crippen molar-refractivity contribution >= 4 is 0 Å². The SMILES string of the molecule is CCCCCCCCCCCCCCCCCCCCC(C)CC(C)CCCCCCCCC. The van der Waals surface area contributed by atoms with Crippen LogP contribution in [0, 0.1) is 11.8 Å². The van der Waals surface area contributed by atoms with Crippen LogP contribution in [0.25, 0.3) is 0 Å². The molecule has 0 saturated heterocycles. The van der Waals surface area contributed by atoms with Crippen LogP contribution >= 0.6 is 0 Å². The molecule has 0 saturated carbocycles. The summed E-state index contributed by atoms with van der Waals surface area (Å²) in [6, 6.07) is 0. The van der Waals surface area contributed by atoms with Crippen LogP contribution in [0.5, 0.6) is 0 Å². The van der Waals surface area contributed by atoms with Crippen molar-refractivity contribution in [1.29, 1.82) is 0 Å². The molecule has 0 rings (SSSR count). The summed E-state index contributed by atoms with van der Waals surface area (Å²) in [5.41, 5.74) is 0. The van der Waals surface area contributed by atoms with Gasteiger partial charge in [-0.3, -0.25) is 0 Å². The Kier molecular flexibility index (Phi) is 29.2. The van der Waals surface area contributed by atoms with Gasteiger partial charge < -0.3 is 0 Å². The smallest absolute Gasteiger partial charge is 0.0440 e. The van der Waals surface area contributed by atoms with E-state index in [1.54, 1.807) is 0 Å². The summed E-state index contributed by atoms with van der Waals surface area (Å²) >= 11 is 0. The van der Waals surface area contributed by atoms with Gasteiger partial charge in [0.05, 0.1) is 0 Å². The molecule has 0 radical (unpaired) electrons. The second-order valence-electron chi connectivity index (χ2n) is 12.2. The molecule has 0 aliphatic carbocycles. The Bertz CT molecular complexity index is 346. The zero-order valence-electron chi connectivity index (χ0n) is 25.0. The summed E-state index contributed by atoms with van der Waals surface area (Å²) in [5, 5.41) is 0. The van der Waals surface area contributed by atoms with Crippen molar-refractivity contribution in [3.8, 4) is 0 Å². The summed E-state index contributed by atoms with van der Waals surface area (Å²) in [5.74, 6) is 1.89. The molecule has 0 aliphatic heterocycles. The molecule has 0 spiro atoms. The van der Waals surface area contributed by atoms with E-state index in [1.165, 1.54) is 180 Å². The highest BCUT2D eigenvalue weighted by atomic mass is 14.1. The minimum atomic E-state index is 0.945. The van der Waals surface area contributed by atoms with Crippen LogP contribution in [-0.4, -0.2) is 0 Å². The Hall–Kier alpha value is 0. The largest absolute Gasteiger partial charge is 0.0654 e. The van der Waals surface area contributed by atoms with Crippen LogP contribution in [0.1, 0.15) is 207 Å². The van der Waals surface area contributed by atoms with E-state index in [0.29, 0.717) is 0 Å². The first-order valence-electron chi connectivity index (χ1n) is 16.7. The van der Waals surface area contributed by atoms with Gasteiger partial charge in [0, 0.05) is 0 Å². The van der Waals surface area contributed by atoms with E-state index in [9.17, 15) is 0 Å². The third kappa shape index (κ3) is 28.2. The van der Waals surface area contributed by atoms with Gasteiger partial charge in [-0.1, -0.05) is 201 Å². The fraction of sp³-hybridized carbons (Fsp3) is 1.00. The highest BCUT2D eigenvalue weighted by molar-refractivity contribution is 4.61. The fourth-order valence-electron chi connectivity index (χ4n) is 5.77. The van der Waals surface area contributed by atoms with Crippen molar-refractivity contribution < 1.29 is 0 Å². The van der Waals surface area contributed by atoms with Gasteiger partial charge in [0.25, 0.3) is 0 Å². The zero-order valence-corrected chi connectivity index (χ0v) is 25.0. The fourth-order valence-corrected chi connectivity index (χ4v) is 5.77. The molecule has 0 heterocycles. The molecular weight excluding hydrogens is 408 g/mol. The first-order chi connectivity index (χ1) is 16.7. The Balaban J connectivity index is 3.23. The molecule has 0 aliphatic rings. The lowest BCUT2D eigenvalue weighted by molar-refractivity contribution is 0.356. The van der Waals surface area contributed by atoms with Gasteiger partial charge in [0.1, 0.15) is 0 Å². The second kappa shape index (κ2) is 29.2. The van der Waals surface area contributed by atoms with E-state index in [4.69, 9.17) is 0 Å². The van der Waals surface area contributed by atoms with E-state index in [-0.39, 0.29) is 0 Å². The predicted molar refractivity (Wildman–Crippen MR) is 159 cm³/mol. The van der Waals surface area contributed by atoms with Crippen molar-refractivity contribution in [1.82, 2.24) is 0 Å². The Morgan fingerprint density at radius 2 is 0.500 bits per heavy atom. The molecule has 0 aromatic carbocycles. The van der Waals surface area contributed by atoms with Gasteiger partial charge in [0.2, 0.25) is 0 Å². The molecule has 0 aromatic heterocycles. The lowest BCUT2D eigenvalue weighted by Gasteiger charge is -2.17. The third-order valence-corrected chi connectivity index (χ3v) is 8.16. The quantitative estimate of drug-likeness (QED) is 0.0937. The van der Waals surface area contributed by atoms with Crippen LogP contribution in [0.15, 0.2) is 0 Å². The van der Waals surface area contributed by atoms with Gasteiger partial charge in [-0.15, -0.1) is 0 Å². The molecule has 2 atom stereocenters. The summed E-state index contributed by atoms with van der Waals surface area (Å²) in [4.78, 5) is 0. The topological polar surface area (TPSA) is 0 Å². The van der Waals surface area contributed by atoms with Crippen molar-refractivity contribution in [2.24, 2.45) is 11.8 Å². The number of hydrogen-bond donors (Lipinski definition) is 0. The van der Waals surface area contributed by atoms with Crippen molar-refractivity contribution in [3.05, 3.63) is 0 Å². The number of rotatable bonds is 29. The maximum Gasteiger partial charge on any atom is -0.0440 e. The molecule has 0 fully saturated rings. The van der Waals surface area contributed by atoms with Gasteiger partial charge >= 0.3 is 0 Å². The Morgan fingerprint density at radius 1 is 0.294 bits per heavy atom. The average Bonchev–Trinajstić information content (AvgIpc) is 2.82. The van der Waals surface area contributed by atoms with E-state index in [2.05, 4.69) is 27.7 Å². The number of hydrogen-bond acceptors (Lipinski definition) is 0. The molecule has 0 aromatic rings. The van der Waals surface area contributed by atoms with Crippen LogP contribution < -0.4 is 0 Å². The van der Waals surface area contributed by atoms with E-state index >= 15 is 0 Å². The monoisotopic (exact) mass is 479 g/mol. The van der Waals surface area contributed by atoms with Crippen LogP contribution in [-0.2, 0) is 0 Å². The lowest BCUT2D eigenvalue weighted by atomic mass is 9.89. The standard InChI is InChI=1S/C34H70/c1-5-7-9-11-13-14-15-16-17-18-19-20-21-22-23-25-27-29-31-34(4)32-33(3)30-28-26-24-12-10-8-6-2/h33-34H,5-32H2,1-4H3. The van der Waals surface area contributed by atoms with Gasteiger partial charge in [-0.05, 0) is 18.3 Å². The highest BCUT2D eigenvalue weighted by Crippen LogP contribution is 2.23. The minimum absolute atomic E-state index is 0.945. The summed E-state index contributed by atoms with van der Waals surface area (Å²) in [6.45, 7) is 9.63. The minimum Gasteiger partial charge on any atom is -0.0654 e. The normalized spacial score (nSPS) is 13.4. The molecule has 0 N–H and O–H groups in total. The summed E-state index contributed by atoms with van der Waals surface area (Å²) in [7, 11) is 0. The zero-order chi connectivity index (χ0) is 25.0. The van der Waals surface area contributed by atoms with Gasteiger partial charge in [0.15, 0.2) is 0 Å². The molecular formula is C34H70. The first-order valence-corrected chi connectivity index (χ1v) is 16.7. The molecule has 0 bridgehead atoms. The van der Waals surface area contributed by atoms with Crippen LogP contribution in [0.2, 0.25) is 0 Å². The van der Waals surface area contributed by atoms with Crippen LogP contribution in [0.4, 0.5) is 0 Å². The van der Waals surface area contributed by atoms with E-state index < -0.39 is 0 Å². The van der Waals surface area contributed by atoms with Crippen molar-refractivity contribution in [3.63, 3.8) is 0 Å². The second-order valence-corrected chi connectivity index (χ2v) is 12.2. The van der Waals surface area contributed by atoms with Crippen molar-refractivity contribution in [2.45, 2.75) is 207 Å². The molecule has 0 heteroatoms. The average molecular weight is 479 g/mol. The molecule has 34 heavy (non-hydrogen) atoms. The molecule has 206 valence electrons. The van der Waals surface area contributed by atoms with E-state index in [0.717, 1.165) is 11.8 Å². The molecule has 2 unspecified atom stereocenters. The third-order valence-electron chi connectivity index (χ3n) is 8.16. The van der Waals surface area contributed by atoms with Crippen LogP contribution in [0.3, 0.4) is 0 Å².